The highest BCUT2D eigenvalue weighted by Crippen LogP contribution is 2.75. The average molecular weight is 635 g/mol. The van der Waals surface area contributed by atoms with Gasteiger partial charge in [0, 0.05) is 0 Å². The molecule has 0 radical (unpaired) electrons. The van der Waals surface area contributed by atoms with Crippen molar-refractivity contribution in [2.24, 2.45) is 50.2 Å². The molecule has 45 heavy (non-hydrogen) atoms. The van der Waals surface area contributed by atoms with Crippen LogP contribution in [0.3, 0.4) is 0 Å². The highest BCUT2D eigenvalue weighted by molar-refractivity contribution is 5.80. The first-order valence-electron chi connectivity index (χ1n) is 17.4. The third-order valence-corrected chi connectivity index (χ3v) is 15.1. The third kappa shape index (κ3) is 4.54. The van der Waals surface area contributed by atoms with Crippen LogP contribution >= 0.6 is 0 Å². The second-order valence-corrected chi connectivity index (χ2v) is 18.0. The molecule has 5 fully saturated rings. The lowest BCUT2D eigenvalue weighted by Crippen LogP contribution is -2.68. The number of esters is 1. The summed E-state index contributed by atoms with van der Waals surface area (Å²) < 4.78 is 11.4. The van der Waals surface area contributed by atoms with Gasteiger partial charge >= 0.3 is 5.97 Å². The molecule has 0 spiro atoms. The SMILES string of the molecule is CC1(C)CC[C@]2(C(=O)O[C@H]3OC(CO)[C@H](O)C(O)C3O)C(O)C[C@]3(C)C(=CC[C@@H]4[C@@]5(C)CC[C@H](O)C(C)(C)[C@@H]5CC[C@]43C)C2C1. The molecule has 256 valence electrons. The molecule has 0 aromatic heterocycles. The standard InChI is InChI=1S/C36H58O9/c1-31(2)14-15-36(30(43)45-29-28(42)27(41)26(40)21(18-37)44-29)20(16-31)19-8-9-23-33(5)12-11-24(38)32(3,4)22(33)10-13-34(23,6)35(19,7)17-25(36)39/h8,20-29,37-42H,9-18H2,1-7H3/t20?,21?,22-,23+,24-,25?,26-,27?,28?,29+,33-,34+,35+,36+/m0/s1. The molecule has 6 rings (SSSR count). The van der Waals surface area contributed by atoms with Crippen LogP contribution in [-0.2, 0) is 14.3 Å². The molecule has 0 aromatic rings. The molecule has 0 amide bonds. The lowest BCUT2D eigenvalue weighted by Gasteiger charge is -2.71. The van der Waals surface area contributed by atoms with Gasteiger partial charge in [0.2, 0.25) is 6.29 Å². The van der Waals surface area contributed by atoms with Gasteiger partial charge in [-0.3, -0.25) is 4.79 Å². The van der Waals surface area contributed by atoms with Gasteiger partial charge in [-0.25, -0.2) is 0 Å². The van der Waals surface area contributed by atoms with Gasteiger partial charge in [0.15, 0.2) is 0 Å². The third-order valence-electron chi connectivity index (χ3n) is 15.1. The molecule has 14 atom stereocenters. The fourth-order valence-corrected chi connectivity index (χ4v) is 12.1. The first kappa shape index (κ1) is 33.8. The number of ether oxygens (including phenoxy) is 2. The number of aliphatic hydroxyl groups excluding tert-OH is 6. The van der Waals surface area contributed by atoms with Gasteiger partial charge in [-0.1, -0.05) is 60.1 Å². The summed E-state index contributed by atoms with van der Waals surface area (Å²) in [5, 5.41) is 64.3. The van der Waals surface area contributed by atoms with Gasteiger partial charge in [0.1, 0.15) is 29.8 Å². The summed E-state index contributed by atoms with van der Waals surface area (Å²) in [4.78, 5) is 14.4. The maximum Gasteiger partial charge on any atom is 0.317 e. The number of carbonyl (C=O) groups is 1. The number of rotatable bonds is 3. The van der Waals surface area contributed by atoms with Crippen molar-refractivity contribution in [2.75, 3.05) is 6.61 Å². The number of fused-ring (bicyclic) bond motifs is 7. The van der Waals surface area contributed by atoms with Gasteiger partial charge in [0.05, 0.1) is 18.8 Å². The van der Waals surface area contributed by atoms with Crippen LogP contribution in [0, 0.1) is 50.2 Å². The molecule has 5 aliphatic carbocycles. The average Bonchev–Trinajstić information content (AvgIpc) is 2.95. The van der Waals surface area contributed by atoms with E-state index in [1.807, 2.05) is 0 Å². The monoisotopic (exact) mass is 634 g/mol. The molecule has 6 N–H and O–H groups in total. The molecule has 5 unspecified atom stereocenters. The minimum atomic E-state index is -1.70. The van der Waals surface area contributed by atoms with E-state index in [9.17, 15) is 35.4 Å². The minimum absolute atomic E-state index is 0.0497. The number of hydrogen-bond acceptors (Lipinski definition) is 9. The summed E-state index contributed by atoms with van der Waals surface area (Å²) in [7, 11) is 0. The Balaban J connectivity index is 1.38. The summed E-state index contributed by atoms with van der Waals surface area (Å²) in [6.07, 6.45) is 0.341. The Morgan fingerprint density at radius 3 is 2.20 bits per heavy atom. The number of hydrogen-bond donors (Lipinski definition) is 6. The highest BCUT2D eigenvalue weighted by atomic mass is 16.7. The lowest BCUT2D eigenvalue weighted by atomic mass is 9.33. The van der Waals surface area contributed by atoms with Crippen molar-refractivity contribution >= 4 is 5.97 Å². The van der Waals surface area contributed by atoms with Crippen molar-refractivity contribution in [1.29, 1.82) is 0 Å². The van der Waals surface area contributed by atoms with E-state index >= 15 is 0 Å². The van der Waals surface area contributed by atoms with E-state index in [1.54, 1.807) is 0 Å². The summed E-state index contributed by atoms with van der Waals surface area (Å²) >= 11 is 0. The van der Waals surface area contributed by atoms with Crippen LogP contribution < -0.4 is 0 Å². The van der Waals surface area contributed by atoms with Gasteiger partial charge in [-0.2, -0.15) is 0 Å². The van der Waals surface area contributed by atoms with E-state index < -0.39 is 54.8 Å². The van der Waals surface area contributed by atoms with Crippen LogP contribution in [0.15, 0.2) is 11.6 Å². The fourth-order valence-electron chi connectivity index (χ4n) is 12.1. The molecule has 9 heteroatoms. The number of carbonyl (C=O) groups excluding carboxylic acids is 1. The zero-order chi connectivity index (χ0) is 33.1. The Labute approximate surface area is 268 Å². The van der Waals surface area contributed by atoms with Gasteiger partial charge < -0.3 is 40.1 Å². The zero-order valence-corrected chi connectivity index (χ0v) is 28.3. The molecule has 4 saturated carbocycles. The Bertz CT molecular complexity index is 1210. The molecule has 1 saturated heterocycles. The Hall–Kier alpha value is -1.07. The number of allylic oxidation sites excluding steroid dienone is 2. The summed E-state index contributed by atoms with van der Waals surface area (Å²) in [6.45, 7) is 15.5. The zero-order valence-electron chi connectivity index (χ0n) is 28.3. The van der Waals surface area contributed by atoms with Crippen molar-refractivity contribution in [1.82, 2.24) is 0 Å². The van der Waals surface area contributed by atoms with E-state index in [0.717, 1.165) is 32.1 Å². The van der Waals surface area contributed by atoms with E-state index in [-0.39, 0.29) is 39.1 Å². The molecule has 0 aromatic carbocycles. The van der Waals surface area contributed by atoms with Crippen molar-refractivity contribution in [2.45, 2.75) is 149 Å². The summed E-state index contributed by atoms with van der Waals surface area (Å²) in [5.74, 6) is -0.157. The normalized spacial score (nSPS) is 53.6. The molecule has 1 aliphatic heterocycles. The molecular formula is C36H58O9. The first-order valence-corrected chi connectivity index (χ1v) is 17.4. The van der Waals surface area contributed by atoms with Crippen molar-refractivity contribution in [3.05, 3.63) is 11.6 Å². The summed E-state index contributed by atoms with van der Waals surface area (Å²) in [5.41, 5.74) is -0.661. The van der Waals surface area contributed by atoms with Crippen LogP contribution in [-0.4, -0.2) is 86.1 Å². The fraction of sp³-hybridized carbons (Fsp3) is 0.917. The first-order chi connectivity index (χ1) is 20.8. The van der Waals surface area contributed by atoms with Crippen LogP contribution in [0.25, 0.3) is 0 Å². The Morgan fingerprint density at radius 1 is 0.844 bits per heavy atom. The van der Waals surface area contributed by atoms with Crippen LogP contribution in [0.2, 0.25) is 0 Å². The second kappa shape index (κ2) is 10.7. The van der Waals surface area contributed by atoms with Crippen molar-refractivity contribution < 1.29 is 44.9 Å². The minimum Gasteiger partial charge on any atom is -0.432 e. The maximum absolute atomic E-state index is 14.4. The second-order valence-electron chi connectivity index (χ2n) is 18.0. The van der Waals surface area contributed by atoms with E-state index in [0.29, 0.717) is 37.5 Å². The van der Waals surface area contributed by atoms with Crippen LogP contribution in [0.4, 0.5) is 0 Å². The largest absolute Gasteiger partial charge is 0.432 e. The topological polar surface area (TPSA) is 157 Å². The molecular weight excluding hydrogens is 576 g/mol. The van der Waals surface area contributed by atoms with Crippen LogP contribution in [0.5, 0.6) is 0 Å². The van der Waals surface area contributed by atoms with Gasteiger partial charge in [-0.15, -0.1) is 0 Å². The van der Waals surface area contributed by atoms with Crippen LogP contribution in [0.1, 0.15) is 106 Å². The summed E-state index contributed by atoms with van der Waals surface area (Å²) in [6, 6.07) is 0. The molecule has 0 bridgehead atoms. The van der Waals surface area contributed by atoms with E-state index in [1.165, 1.54) is 5.57 Å². The maximum atomic E-state index is 14.4. The molecule has 9 nitrogen and oxygen atoms in total. The van der Waals surface area contributed by atoms with Gasteiger partial charge in [0.25, 0.3) is 0 Å². The number of aliphatic hydroxyl groups is 6. The Morgan fingerprint density at radius 2 is 1.53 bits per heavy atom. The quantitative estimate of drug-likeness (QED) is 0.202. The molecule has 6 aliphatic rings. The predicted octanol–water partition coefficient (Wildman–Crippen LogP) is 3.46. The highest BCUT2D eigenvalue weighted by Gasteiger charge is 2.71. The van der Waals surface area contributed by atoms with Gasteiger partial charge in [-0.05, 0) is 103 Å². The van der Waals surface area contributed by atoms with Crippen molar-refractivity contribution in [3.63, 3.8) is 0 Å². The molecule has 1 heterocycles. The van der Waals surface area contributed by atoms with Crippen molar-refractivity contribution in [3.8, 4) is 0 Å². The smallest absolute Gasteiger partial charge is 0.317 e. The lowest BCUT2D eigenvalue weighted by molar-refractivity contribution is -0.299. The van der Waals surface area contributed by atoms with E-state index in [4.69, 9.17) is 9.47 Å². The van der Waals surface area contributed by atoms with E-state index in [2.05, 4.69) is 54.5 Å². The predicted molar refractivity (Wildman–Crippen MR) is 166 cm³/mol. The Kier molecular flexibility index (Phi) is 8.05.